The van der Waals surface area contributed by atoms with E-state index in [1.807, 2.05) is 13.8 Å². The van der Waals surface area contributed by atoms with Gasteiger partial charge in [0.05, 0.1) is 11.3 Å². The van der Waals surface area contributed by atoms with Gasteiger partial charge in [-0.1, -0.05) is 37.6 Å². The summed E-state index contributed by atoms with van der Waals surface area (Å²) in [4.78, 5) is 13.1. The van der Waals surface area contributed by atoms with Crippen LogP contribution < -0.4 is 0 Å². The van der Waals surface area contributed by atoms with Crippen molar-refractivity contribution in [3.63, 3.8) is 0 Å². The molecule has 0 N–H and O–H groups in total. The fraction of sp³-hybridized carbons (Fsp3) is 0.263. The van der Waals surface area contributed by atoms with E-state index in [0.717, 1.165) is 5.69 Å². The van der Waals surface area contributed by atoms with Crippen LogP contribution in [0.4, 0.5) is 4.39 Å². The van der Waals surface area contributed by atoms with Crippen LogP contribution in [0.2, 0.25) is 5.15 Å². The first-order chi connectivity index (χ1) is 12.4. The maximum absolute atomic E-state index is 14.4. The molecular formula is C19H16ClFN4O. The van der Waals surface area contributed by atoms with Gasteiger partial charge in [0.15, 0.2) is 16.8 Å². The molecule has 1 aliphatic carbocycles. The summed E-state index contributed by atoms with van der Waals surface area (Å²) in [6, 6.07) is 9.61. The van der Waals surface area contributed by atoms with E-state index >= 15 is 0 Å². The monoisotopic (exact) mass is 370 g/mol. The summed E-state index contributed by atoms with van der Waals surface area (Å²) in [5, 5.41) is 12.7. The molecule has 0 saturated carbocycles. The first-order valence-electron chi connectivity index (χ1n) is 8.30. The van der Waals surface area contributed by atoms with Gasteiger partial charge in [0.2, 0.25) is 0 Å². The molecule has 2 aromatic heterocycles. The molecule has 0 saturated heterocycles. The topological polar surface area (TPSA) is 60.7 Å². The Hall–Kier alpha value is -2.60. The number of fused-ring (bicyclic) bond motifs is 1. The molecule has 0 radical (unpaired) electrons. The van der Waals surface area contributed by atoms with Gasteiger partial charge in [-0.05, 0) is 37.1 Å². The number of ketones is 1. The van der Waals surface area contributed by atoms with Crippen molar-refractivity contribution in [2.75, 3.05) is 0 Å². The van der Waals surface area contributed by atoms with Crippen LogP contribution in [0.5, 0.6) is 0 Å². The van der Waals surface area contributed by atoms with Crippen molar-refractivity contribution in [2.24, 2.45) is 5.41 Å². The van der Waals surface area contributed by atoms with Crippen molar-refractivity contribution in [3.8, 4) is 17.1 Å². The van der Waals surface area contributed by atoms with Gasteiger partial charge in [0.1, 0.15) is 11.5 Å². The van der Waals surface area contributed by atoms with E-state index < -0.39 is 11.2 Å². The van der Waals surface area contributed by atoms with Gasteiger partial charge < -0.3 is 0 Å². The molecule has 0 aliphatic heterocycles. The Morgan fingerprint density at radius 1 is 1.15 bits per heavy atom. The van der Waals surface area contributed by atoms with E-state index in [1.54, 1.807) is 35.0 Å². The highest BCUT2D eigenvalue weighted by molar-refractivity contribution is 6.29. The smallest absolute Gasteiger partial charge is 0.176 e. The maximum atomic E-state index is 14.4. The molecule has 0 bridgehead atoms. The quantitative estimate of drug-likeness (QED) is 0.675. The normalized spacial score (nSPS) is 15.8. The molecule has 1 aliphatic rings. The highest BCUT2D eigenvalue weighted by atomic mass is 35.5. The predicted molar refractivity (Wildman–Crippen MR) is 96.0 cm³/mol. The number of aromatic nitrogens is 4. The van der Waals surface area contributed by atoms with Crippen molar-refractivity contribution in [1.29, 1.82) is 0 Å². The van der Waals surface area contributed by atoms with Crippen LogP contribution in [-0.4, -0.2) is 25.8 Å². The minimum Gasteiger partial charge on any atom is -0.293 e. The molecule has 2 heterocycles. The van der Waals surface area contributed by atoms with Crippen LogP contribution in [0, 0.1) is 11.2 Å². The lowest BCUT2D eigenvalue weighted by molar-refractivity contribution is 0.0811. The second-order valence-corrected chi connectivity index (χ2v) is 7.38. The molecule has 0 fully saturated rings. The summed E-state index contributed by atoms with van der Waals surface area (Å²) in [7, 11) is 0. The van der Waals surface area contributed by atoms with E-state index in [4.69, 9.17) is 11.6 Å². The summed E-state index contributed by atoms with van der Waals surface area (Å²) in [5.74, 6) is -0.00996. The zero-order valence-electron chi connectivity index (χ0n) is 14.3. The number of rotatable bonds is 2. The molecule has 0 unspecified atom stereocenters. The van der Waals surface area contributed by atoms with Gasteiger partial charge in [-0.3, -0.25) is 4.79 Å². The number of carbonyl (C=O) groups is 1. The third-order valence-corrected chi connectivity index (χ3v) is 4.98. The van der Waals surface area contributed by atoms with Crippen LogP contribution in [0.15, 0.2) is 36.4 Å². The highest BCUT2D eigenvalue weighted by Crippen LogP contribution is 2.40. The summed E-state index contributed by atoms with van der Waals surface area (Å²) < 4.78 is 16.0. The van der Waals surface area contributed by atoms with E-state index in [0.29, 0.717) is 35.5 Å². The standard InChI is InChI=1S/C19H16ClFN4O/c1-19(2)10-9-13-16(18(19)26)17(11-5-3-4-6-12(11)21)24-25(13)15-8-7-14(20)22-23-15/h3-8H,9-10H2,1-2H3. The van der Waals surface area contributed by atoms with Crippen LogP contribution in [0.25, 0.3) is 17.1 Å². The third-order valence-electron chi connectivity index (χ3n) is 4.77. The summed E-state index contributed by atoms with van der Waals surface area (Å²) in [6.45, 7) is 3.81. The molecule has 0 spiro atoms. The molecule has 7 heteroatoms. The number of carbonyl (C=O) groups excluding carboxylic acids is 1. The lowest BCUT2D eigenvalue weighted by Gasteiger charge is -2.28. The molecular weight excluding hydrogens is 355 g/mol. The van der Waals surface area contributed by atoms with Gasteiger partial charge in [-0.25, -0.2) is 9.07 Å². The van der Waals surface area contributed by atoms with Crippen LogP contribution in [0.3, 0.4) is 0 Å². The Morgan fingerprint density at radius 3 is 2.62 bits per heavy atom. The molecule has 132 valence electrons. The van der Waals surface area contributed by atoms with E-state index in [1.165, 1.54) is 6.07 Å². The minimum atomic E-state index is -0.521. The summed E-state index contributed by atoms with van der Waals surface area (Å²) in [6.07, 6.45) is 1.32. The molecule has 3 aromatic rings. The van der Waals surface area contributed by atoms with Crippen molar-refractivity contribution < 1.29 is 9.18 Å². The van der Waals surface area contributed by atoms with Gasteiger partial charge in [-0.2, -0.15) is 5.10 Å². The van der Waals surface area contributed by atoms with Gasteiger partial charge >= 0.3 is 0 Å². The zero-order valence-corrected chi connectivity index (χ0v) is 15.1. The number of benzene rings is 1. The molecule has 5 nitrogen and oxygen atoms in total. The molecule has 1 aromatic carbocycles. The SMILES string of the molecule is CC1(C)CCc2c(c(-c3ccccc3F)nn2-c2ccc(Cl)nn2)C1=O. The van der Waals surface area contributed by atoms with Gasteiger partial charge in [0.25, 0.3) is 0 Å². The second-order valence-electron chi connectivity index (χ2n) is 6.99. The Morgan fingerprint density at radius 2 is 1.92 bits per heavy atom. The number of nitrogens with zero attached hydrogens (tertiary/aromatic N) is 4. The van der Waals surface area contributed by atoms with Crippen molar-refractivity contribution in [1.82, 2.24) is 20.0 Å². The van der Waals surface area contributed by atoms with Gasteiger partial charge in [0, 0.05) is 11.0 Å². The Bertz CT molecular complexity index is 1010. The van der Waals surface area contributed by atoms with Crippen molar-refractivity contribution in [2.45, 2.75) is 26.7 Å². The number of halogens is 2. The number of hydrogen-bond acceptors (Lipinski definition) is 4. The first-order valence-corrected chi connectivity index (χ1v) is 8.67. The molecule has 0 atom stereocenters. The van der Waals surface area contributed by atoms with Crippen molar-refractivity contribution >= 4 is 17.4 Å². The molecule has 26 heavy (non-hydrogen) atoms. The average Bonchev–Trinajstić information content (AvgIpc) is 2.99. The number of hydrogen-bond donors (Lipinski definition) is 0. The van der Waals surface area contributed by atoms with E-state index in [2.05, 4.69) is 15.3 Å². The first kappa shape index (κ1) is 16.8. The Kier molecular flexibility index (Phi) is 3.88. The minimum absolute atomic E-state index is 0.0369. The summed E-state index contributed by atoms with van der Waals surface area (Å²) in [5.41, 5.74) is 1.31. The van der Waals surface area contributed by atoms with Crippen LogP contribution >= 0.6 is 11.6 Å². The van der Waals surface area contributed by atoms with Crippen LogP contribution in [0.1, 0.15) is 36.3 Å². The fourth-order valence-corrected chi connectivity index (χ4v) is 3.36. The Balaban J connectivity index is 1.99. The third kappa shape index (κ3) is 2.61. The predicted octanol–water partition coefficient (Wildman–Crippen LogP) is 4.28. The lowest BCUT2D eigenvalue weighted by atomic mass is 9.74. The molecule has 0 amide bonds. The lowest BCUT2D eigenvalue weighted by Crippen LogP contribution is -2.31. The largest absolute Gasteiger partial charge is 0.293 e. The van der Waals surface area contributed by atoms with E-state index in [-0.39, 0.29) is 10.9 Å². The average molecular weight is 371 g/mol. The van der Waals surface area contributed by atoms with Crippen LogP contribution in [-0.2, 0) is 6.42 Å². The molecule has 4 rings (SSSR count). The second kappa shape index (κ2) is 5.99. The summed E-state index contributed by atoms with van der Waals surface area (Å²) >= 11 is 5.82. The maximum Gasteiger partial charge on any atom is 0.176 e. The Labute approximate surface area is 154 Å². The highest BCUT2D eigenvalue weighted by Gasteiger charge is 2.40. The van der Waals surface area contributed by atoms with E-state index in [9.17, 15) is 9.18 Å². The van der Waals surface area contributed by atoms with Gasteiger partial charge in [-0.15, -0.1) is 10.2 Å². The fourth-order valence-electron chi connectivity index (χ4n) is 3.26. The zero-order chi connectivity index (χ0) is 18.5. The van der Waals surface area contributed by atoms with Crippen molar-refractivity contribution in [3.05, 3.63) is 58.6 Å². The number of Topliss-reactive ketones (excluding diaryl/α,β-unsaturated/α-hetero) is 1.